The smallest absolute Gasteiger partial charge is 0.326 e. The summed E-state index contributed by atoms with van der Waals surface area (Å²) in [6, 6.07) is -0.680. The highest BCUT2D eigenvalue weighted by molar-refractivity contribution is 7.97. The molecular weight excluding hydrogens is 250 g/mol. The Morgan fingerprint density at radius 3 is 3.06 bits per heavy atom. The zero-order valence-corrected chi connectivity index (χ0v) is 10.2. The van der Waals surface area contributed by atoms with Crippen molar-refractivity contribution in [3.63, 3.8) is 0 Å². The van der Waals surface area contributed by atoms with Crippen LogP contribution in [0.1, 0.15) is 6.42 Å². The molecule has 0 aliphatic rings. The molecule has 16 heavy (non-hydrogen) atoms. The Balaban J connectivity index is 2.62. The normalized spacial score (nSPS) is 12.1. The Hall–Kier alpha value is -1.15. The Kier molecular flexibility index (Phi) is 5.20. The molecule has 0 spiro atoms. The number of carbonyl (C=O) groups is 1. The van der Waals surface area contributed by atoms with Crippen LogP contribution >= 0.6 is 23.3 Å². The van der Waals surface area contributed by atoms with Gasteiger partial charge in [0.2, 0.25) is 0 Å². The first-order valence-electron chi connectivity index (χ1n) is 4.46. The van der Waals surface area contributed by atoms with Crippen molar-refractivity contribution in [3.05, 3.63) is 16.5 Å². The highest BCUT2D eigenvalue weighted by Gasteiger charge is 2.23. The predicted molar refractivity (Wildman–Crippen MR) is 64.8 cm³/mol. The van der Waals surface area contributed by atoms with Gasteiger partial charge in [-0.1, -0.05) is 0 Å². The standard InChI is InChI=1S/C8H11N3O3S2/c1-11(8-9-3-5-15-8)6(7(12)13)2-4-16-10-14/h3,5-6H,2,4H2,1H3,(H,12,13). The number of nitroso groups, excluding NO2 is 1. The number of hydrogen-bond acceptors (Lipinski definition) is 7. The molecule has 0 saturated carbocycles. The molecule has 6 nitrogen and oxygen atoms in total. The van der Waals surface area contributed by atoms with E-state index in [1.807, 2.05) is 0 Å². The first kappa shape index (κ1) is 12.9. The highest BCUT2D eigenvalue weighted by atomic mass is 32.2. The van der Waals surface area contributed by atoms with Crippen molar-refractivity contribution in [2.75, 3.05) is 17.7 Å². The SMILES string of the molecule is CN(c1nccs1)C(CCSN=O)C(=O)O. The summed E-state index contributed by atoms with van der Waals surface area (Å²) in [5, 5.41) is 11.5. The number of anilines is 1. The molecule has 0 radical (unpaired) electrons. The minimum atomic E-state index is -0.927. The molecule has 1 aromatic heterocycles. The quantitative estimate of drug-likeness (QED) is 0.458. The molecule has 1 unspecified atom stereocenters. The third-order valence-corrected chi connectivity index (χ3v) is 3.39. The summed E-state index contributed by atoms with van der Waals surface area (Å²) in [4.78, 5) is 26.6. The van der Waals surface area contributed by atoms with Crippen molar-refractivity contribution in [2.45, 2.75) is 12.5 Å². The van der Waals surface area contributed by atoms with Gasteiger partial charge in [0.15, 0.2) is 5.13 Å². The van der Waals surface area contributed by atoms with Gasteiger partial charge in [0.05, 0.1) is 0 Å². The minimum Gasteiger partial charge on any atom is -0.480 e. The summed E-state index contributed by atoms with van der Waals surface area (Å²) in [6.07, 6.45) is 1.97. The second-order valence-corrected chi connectivity index (χ2v) is 4.66. The molecule has 1 rings (SSSR count). The molecule has 1 N–H and O–H groups in total. The second-order valence-electron chi connectivity index (χ2n) is 2.98. The summed E-state index contributed by atoms with van der Waals surface area (Å²) < 4.78 is 2.63. The fraction of sp³-hybridized carbons (Fsp3) is 0.500. The summed E-state index contributed by atoms with van der Waals surface area (Å²) >= 11 is 2.21. The van der Waals surface area contributed by atoms with E-state index in [4.69, 9.17) is 5.11 Å². The van der Waals surface area contributed by atoms with Crippen LogP contribution in [0.3, 0.4) is 0 Å². The van der Waals surface area contributed by atoms with Gasteiger partial charge in [-0.3, -0.25) is 0 Å². The number of rotatable bonds is 7. The molecule has 0 fully saturated rings. The third-order valence-electron chi connectivity index (χ3n) is 2.01. The van der Waals surface area contributed by atoms with Gasteiger partial charge in [0, 0.05) is 40.9 Å². The lowest BCUT2D eigenvalue weighted by Gasteiger charge is -2.23. The number of aromatic nitrogens is 1. The zero-order chi connectivity index (χ0) is 12.0. The van der Waals surface area contributed by atoms with Crippen molar-refractivity contribution >= 4 is 34.4 Å². The Morgan fingerprint density at radius 1 is 1.81 bits per heavy atom. The topological polar surface area (TPSA) is 82.9 Å². The van der Waals surface area contributed by atoms with Crippen LogP contribution in [0.25, 0.3) is 0 Å². The maximum absolute atomic E-state index is 11.0. The van der Waals surface area contributed by atoms with Crippen LogP contribution in [0.2, 0.25) is 0 Å². The predicted octanol–water partition coefficient (Wildman–Crippen LogP) is 1.84. The van der Waals surface area contributed by atoms with E-state index in [2.05, 4.69) is 9.57 Å². The van der Waals surface area contributed by atoms with Crippen molar-refractivity contribution in [3.8, 4) is 0 Å². The number of thiazole rings is 1. The van der Waals surface area contributed by atoms with E-state index >= 15 is 0 Å². The number of aliphatic carboxylic acids is 1. The second kappa shape index (κ2) is 6.44. The van der Waals surface area contributed by atoms with Crippen LogP contribution in [0.4, 0.5) is 5.13 Å². The van der Waals surface area contributed by atoms with Gasteiger partial charge >= 0.3 is 5.97 Å². The van der Waals surface area contributed by atoms with E-state index in [9.17, 15) is 9.70 Å². The first-order chi connectivity index (χ1) is 7.66. The van der Waals surface area contributed by atoms with Crippen LogP contribution < -0.4 is 4.90 Å². The largest absolute Gasteiger partial charge is 0.480 e. The maximum atomic E-state index is 11.0. The molecule has 0 aromatic carbocycles. The van der Waals surface area contributed by atoms with E-state index in [-0.39, 0.29) is 0 Å². The summed E-state index contributed by atoms with van der Waals surface area (Å²) in [6.45, 7) is 0. The molecule has 88 valence electrons. The number of nitrogens with zero attached hydrogens (tertiary/aromatic N) is 3. The average molecular weight is 261 g/mol. The fourth-order valence-electron chi connectivity index (χ4n) is 1.21. The molecule has 0 amide bonds. The van der Waals surface area contributed by atoms with Gasteiger partial charge in [-0.2, -0.15) is 0 Å². The number of carboxylic acids is 1. The van der Waals surface area contributed by atoms with Gasteiger partial charge in [-0.15, -0.1) is 16.2 Å². The molecule has 1 aromatic rings. The van der Waals surface area contributed by atoms with Gasteiger partial charge in [-0.05, 0) is 6.42 Å². The van der Waals surface area contributed by atoms with Crippen LogP contribution in [-0.2, 0) is 4.79 Å². The van der Waals surface area contributed by atoms with Crippen LogP contribution in [0, 0.1) is 4.91 Å². The molecule has 0 aliphatic heterocycles. The van der Waals surface area contributed by atoms with Gasteiger partial charge in [0.1, 0.15) is 6.04 Å². The Labute approximate surface area is 101 Å². The first-order valence-corrected chi connectivity index (χ1v) is 6.28. The maximum Gasteiger partial charge on any atom is 0.326 e. The average Bonchev–Trinajstić information content (AvgIpc) is 2.76. The van der Waals surface area contributed by atoms with Gasteiger partial charge in [-0.25, -0.2) is 9.78 Å². The molecule has 0 aliphatic carbocycles. The Bertz CT molecular complexity index is 344. The summed E-state index contributed by atoms with van der Waals surface area (Å²) in [5.74, 6) is -0.542. The summed E-state index contributed by atoms with van der Waals surface area (Å²) in [7, 11) is 1.68. The lowest BCUT2D eigenvalue weighted by atomic mass is 10.2. The van der Waals surface area contributed by atoms with Crippen LogP contribution in [0.15, 0.2) is 16.2 Å². The number of carboxylic acid groups (broad SMARTS) is 1. The van der Waals surface area contributed by atoms with Crippen molar-refractivity contribution in [1.82, 2.24) is 4.98 Å². The van der Waals surface area contributed by atoms with Crippen LogP contribution in [0.5, 0.6) is 0 Å². The molecule has 0 bridgehead atoms. The van der Waals surface area contributed by atoms with Gasteiger partial charge < -0.3 is 10.0 Å². The van der Waals surface area contributed by atoms with E-state index < -0.39 is 12.0 Å². The van der Waals surface area contributed by atoms with E-state index in [1.165, 1.54) is 11.3 Å². The van der Waals surface area contributed by atoms with E-state index in [0.717, 1.165) is 11.9 Å². The lowest BCUT2D eigenvalue weighted by Crippen LogP contribution is -2.38. The van der Waals surface area contributed by atoms with Crippen LogP contribution in [-0.4, -0.2) is 34.9 Å². The molecule has 1 atom stereocenters. The van der Waals surface area contributed by atoms with Crippen molar-refractivity contribution < 1.29 is 9.90 Å². The number of likely N-dealkylation sites (N-methyl/N-ethyl adjacent to an activating group) is 1. The fourth-order valence-corrected chi connectivity index (χ4v) is 2.27. The number of hydrogen-bond donors (Lipinski definition) is 1. The van der Waals surface area contributed by atoms with Crippen molar-refractivity contribution in [2.24, 2.45) is 4.58 Å². The lowest BCUT2D eigenvalue weighted by molar-refractivity contribution is -0.138. The monoisotopic (exact) mass is 261 g/mol. The van der Waals surface area contributed by atoms with Gasteiger partial charge in [0.25, 0.3) is 0 Å². The molecule has 1 heterocycles. The zero-order valence-electron chi connectivity index (χ0n) is 8.57. The molecule has 8 heteroatoms. The highest BCUT2D eigenvalue weighted by Crippen LogP contribution is 2.20. The third kappa shape index (κ3) is 3.46. The molecule has 0 saturated heterocycles. The summed E-state index contributed by atoms with van der Waals surface area (Å²) in [5.41, 5.74) is 0. The van der Waals surface area contributed by atoms with E-state index in [0.29, 0.717) is 17.3 Å². The van der Waals surface area contributed by atoms with E-state index in [1.54, 1.807) is 23.5 Å². The molecular formula is C8H11N3O3S2. The Morgan fingerprint density at radius 2 is 2.56 bits per heavy atom. The minimum absolute atomic E-state index is 0.349. The van der Waals surface area contributed by atoms with Crippen molar-refractivity contribution in [1.29, 1.82) is 0 Å².